The first kappa shape index (κ1) is 16.4. The van der Waals surface area contributed by atoms with E-state index in [1.807, 2.05) is 0 Å². The van der Waals surface area contributed by atoms with Crippen molar-refractivity contribution in [2.75, 3.05) is 31.6 Å². The number of nitrogens with two attached hydrogens (primary N) is 1. The van der Waals surface area contributed by atoms with Crippen molar-refractivity contribution in [3.05, 3.63) is 23.9 Å². The maximum Gasteiger partial charge on any atom is 0.234 e. The minimum absolute atomic E-state index is 0.160. The summed E-state index contributed by atoms with van der Waals surface area (Å²) in [5, 5.41) is 10.7. The zero-order valence-electron chi connectivity index (χ0n) is 13.8. The van der Waals surface area contributed by atoms with E-state index in [1.165, 1.54) is 13.3 Å². The number of allylic oxidation sites excluding steroid dienone is 1. The molecule has 2 fully saturated rings. The number of hydrogen-bond acceptors (Lipinski definition) is 6. The Hall–Kier alpha value is -2.41. The van der Waals surface area contributed by atoms with Crippen LogP contribution in [0, 0.1) is 10.8 Å². The van der Waals surface area contributed by atoms with E-state index in [1.54, 1.807) is 17.0 Å². The van der Waals surface area contributed by atoms with Gasteiger partial charge < -0.3 is 21.2 Å². The van der Waals surface area contributed by atoms with Gasteiger partial charge in [0.15, 0.2) is 0 Å². The van der Waals surface area contributed by atoms with E-state index in [0.717, 1.165) is 38.6 Å². The number of aromatic nitrogens is 1. The first-order valence-corrected chi connectivity index (χ1v) is 8.15. The van der Waals surface area contributed by atoms with Crippen molar-refractivity contribution in [1.82, 2.24) is 10.3 Å². The molecule has 2 aliphatic rings. The number of piperidine rings is 1. The summed E-state index contributed by atoms with van der Waals surface area (Å²) in [6.45, 7) is 2.46. The molecule has 4 N–H and O–H groups in total. The van der Waals surface area contributed by atoms with Crippen LogP contribution in [-0.4, -0.2) is 43.8 Å². The second kappa shape index (κ2) is 6.60. The number of pyridine rings is 1. The molecule has 1 aromatic rings. The van der Waals surface area contributed by atoms with E-state index >= 15 is 0 Å². The second-order valence-electron chi connectivity index (χ2n) is 6.23. The molecular weight excluding hydrogens is 306 g/mol. The highest BCUT2D eigenvalue weighted by atomic mass is 16.5. The molecule has 0 aromatic carbocycles. The molecule has 1 aromatic heterocycles. The Bertz CT molecular complexity index is 680. The van der Waals surface area contributed by atoms with Gasteiger partial charge in [0, 0.05) is 30.1 Å². The van der Waals surface area contributed by atoms with Gasteiger partial charge in [0.05, 0.1) is 12.5 Å². The number of nitrogens with one attached hydrogen (secondary N) is 2. The van der Waals surface area contributed by atoms with Crippen LogP contribution in [0.2, 0.25) is 0 Å². The fraction of sp³-hybridized carbons (Fsp3) is 0.471. The fourth-order valence-corrected chi connectivity index (χ4v) is 3.58. The van der Waals surface area contributed by atoms with Crippen molar-refractivity contribution in [2.45, 2.75) is 19.3 Å². The molecule has 7 nitrogen and oxygen atoms in total. The van der Waals surface area contributed by atoms with E-state index < -0.39 is 0 Å². The summed E-state index contributed by atoms with van der Waals surface area (Å²) in [5.74, 6) is 1.12. The van der Waals surface area contributed by atoms with Gasteiger partial charge in [0.2, 0.25) is 11.8 Å². The highest BCUT2D eigenvalue weighted by Crippen LogP contribution is 2.41. The molecule has 0 radical (unpaired) electrons. The van der Waals surface area contributed by atoms with Gasteiger partial charge in [-0.1, -0.05) is 0 Å². The SMILES string of the molecule is COc1nc(N2CCC3(CCNCC3)C2=O)ccc1/C(C=N)=C/N. The number of hydrogen-bond donors (Lipinski definition) is 3. The zero-order valence-corrected chi connectivity index (χ0v) is 13.8. The van der Waals surface area contributed by atoms with Gasteiger partial charge in [-0.2, -0.15) is 4.98 Å². The number of rotatable bonds is 4. The quantitative estimate of drug-likeness (QED) is 0.719. The molecule has 0 saturated carbocycles. The molecule has 3 heterocycles. The largest absolute Gasteiger partial charge is 0.480 e. The lowest BCUT2D eigenvalue weighted by Gasteiger charge is -2.31. The summed E-state index contributed by atoms with van der Waals surface area (Å²) < 4.78 is 5.34. The summed E-state index contributed by atoms with van der Waals surface area (Å²) >= 11 is 0. The van der Waals surface area contributed by atoms with Gasteiger partial charge in [-0.3, -0.25) is 9.69 Å². The predicted octanol–water partition coefficient (Wildman–Crippen LogP) is 1.15. The van der Waals surface area contributed by atoms with Crippen LogP contribution >= 0.6 is 0 Å². The van der Waals surface area contributed by atoms with Crippen LogP contribution in [0.5, 0.6) is 5.88 Å². The monoisotopic (exact) mass is 329 g/mol. The van der Waals surface area contributed by atoms with Crippen LogP contribution in [0.25, 0.3) is 5.57 Å². The van der Waals surface area contributed by atoms with Crippen LogP contribution in [0.15, 0.2) is 18.3 Å². The molecule has 3 rings (SSSR count). The topological polar surface area (TPSA) is 104 Å². The number of anilines is 1. The molecule has 7 heteroatoms. The first-order valence-electron chi connectivity index (χ1n) is 8.15. The van der Waals surface area contributed by atoms with Gasteiger partial charge in [-0.25, -0.2) is 0 Å². The van der Waals surface area contributed by atoms with Gasteiger partial charge in [0.25, 0.3) is 0 Å². The lowest BCUT2D eigenvalue weighted by atomic mass is 9.78. The van der Waals surface area contributed by atoms with Gasteiger partial charge >= 0.3 is 0 Å². The van der Waals surface area contributed by atoms with E-state index in [0.29, 0.717) is 29.4 Å². The highest BCUT2D eigenvalue weighted by molar-refractivity contribution is 6.09. The number of carbonyl (C=O) groups is 1. The van der Waals surface area contributed by atoms with Crippen LogP contribution in [0.3, 0.4) is 0 Å². The molecule has 1 spiro atoms. The third kappa shape index (κ3) is 2.65. The highest BCUT2D eigenvalue weighted by Gasteiger charge is 2.47. The Morgan fingerprint density at radius 1 is 1.42 bits per heavy atom. The van der Waals surface area contributed by atoms with E-state index in [-0.39, 0.29) is 11.3 Å². The number of methoxy groups -OCH3 is 1. The zero-order chi connectivity index (χ0) is 17.2. The molecule has 128 valence electrons. The summed E-state index contributed by atoms with van der Waals surface area (Å²) in [6.07, 6.45) is 5.13. The maximum atomic E-state index is 13.0. The average molecular weight is 329 g/mol. The third-order valence-corrected chi connectivity index (χ3v) is 5.03. The third-order valence-electron chi connectivity index (χ3n) is 5.03. The lowest BCUT2D eigenvalue weighted by molar-refractivity contribution is -0.126. The Morgan fingerprint density at radius 2 is 2.17 bits per heavy atom. The van der Waals surface area contributed by atoms with Crippen LogP contribution in [0.4, 0.5) is 5.82 Å². The summed E-state index contributed by atoms with van der Waals surface area (Å²) in [5.41, 5.74) is 6.47. The smallest absolute Gasteiger partial charge is 0.234 e. The van der Waals surface area contributed by atoms with Crippen molar-refractivity contribution in [3.8, 4) is 5.88 Å². The van der Waals surface area contributed by atoms with E-state index in [2.05, 4.69) is 10.3 Å². The minimum atomic E-state index is -0.240. The van der Waals surface area contributed by atoms with E-state index in [4.69, 9.17) is 15.9 Å². The van der Waals surface area contributed by atoms with Crippen molar-refractivity contribution in [1.29, 1.82) is 5.41 Å². The number of ether oxygens (including phenoxy) is 1. The van der Waals surface area contributed by atoms with Gasteiger partial charge in [0.1, 0.15) is 5.82 Å². The molecular formula is C17H23N5O2. The normalized spacial score (nSPS) is 20.5. The average Bonchev–Trinajstić information content (AvgIpc) is 2.93. The Balaban J connectivity index is 1.90. The number of amides is 1. The minimum Gasteiger partial charge on any atom is -0.480 e. The van der Waals surface area contributed by atoms with Crippen molar-refractivity contribution in [3.63, 3.8) is 0 Å². The van der Waals surface area contributed by atoms with Gasteiger partial charge in [-0.15, -0.1) is 0 Å². The van der Waals surface area contributed by atoms with Crippen LogP contribution < -0.4 is 20.7 Å². The summed E-state index contributed by atoms with van der Waals surface area (Å²) in [7, 11) is 1.52. The number of carbonyl (C=O) groups excluding carboxylic acids is 1. The molecule has 0 atom stereocenters. The Labute approximate surface area is 141 Å². The summed E-state index contributed by atoms with van der Waals surface area (Å²) in [4.78, 5) is 19.2. The fourth-order valence-electron chi connectivity index (χ4n) is 3.58. The van der Waals surface area contributed by atoms with Crippen molar-refractivity contribution >= 4 is 23.5 Å². The van der Waals surface area contributed by atoms with Crippen LogP contribution in [-0.2, 0) is 4.79 Å². The molecule has 0 unspecified atom stereocenters. The summed E-state index contributed by atoms with van der Waals surface area (Å²) in [6, 6.07) is 3.59. The molecule has 2 saturated heterocycles. The molecule has 24 heavy (non-hydrogen) atoms. The van der Waals surface area contributed by atoms with Crippen LogP contribution in [0.1, 0.15) is 24.8 Å². The standard InChI is InChI=1S/C17H23N5O2/c1-24-15-13(12(10-18)11-19)2-3-14(21-15)22-9-6-17(16(22)23)4-7-20-8-5-17/h2-3,10-11,18,20H,4-9,19H2,1H3/b12-11+,18-10?. The Kier molecular flexibility index (Phi) is 4.53. The molecule has 1 amide bonds. The molecule has 2 aliphatic heterocycles. The number of nitrogens with zero attached hydrogens (tertiary/aromatic N) is 2. The Morgan fingerprint density at radius 3 is 2.79 bits per heavy atom. The maximum absolute atomic E-state index is 13.0. The first-order chi connectivity index (χ1) is 11.6. The molecule has 0 bridgehead atoms. The van der Waals surface area contributed by atoms with Crippen molar-refractivity contribution < 1.29 is 9.53 Å². The van der Waals surface area contributed by atoms with Gasteiger partial charge in [-0.05, 0) is 44.5 Å². The van der Waals surface area contributed by atoms with Crippen molar-refractivity contribution in [2.24, 2.45) is 11.1 Å². The van der Waals surface area contributed by atoms with E-state index in [9.17, 15) is 4.79 Å². The lowest BCUT2D eigenvalue weighted by Crippen LogP contribution is -2.42. The second-order valence-corrected chi connectivity index (χ2v) is 6.23. The predicted molar refractivity (Wildman–Crippen MR) is 93.2 cm³/mol. The molecule has 0 aliphatic carbocycles.